The predicted octanol–water partition coefficient (Wildman–Crippen LogP) is 4.11. The van der Waals surface area contributed by atoms with Crippen molar-refractivity contribution >= 4 is 12.1 Å². The van der Waals surface area contributed by atoms with E-state index in [4.69, 9.17) is 9.47 Å². The van der Waals surface area contributed by atoms with Crippen molar-refractivity contribution in [2.75, 3.05) is 19.8 Å². The van der Waals surface area contributed by atoms with Crippen LogP contribution >= 0.6 is 0 Å². The Hall–Kier alpha value is -2.82. The highest BCUT2D eigenvalue weighted by Crippen LogP contribution is 2.44. The number of hydrogen-bond acceptors (Lipinski definition) is 4. The van der Waals surface area contributed by atoms with E-state index in [9.17, 15) is 9.59 Å². The van der Waals surface area contributed by atoms with E-state index in [-0.39, 0.29) is 25.0 Å². The summed E-state index contributed by atoms with van der Waals surface area (Å²) in [4.78, 5) is 24.1. The number of rotatable bonds is 6. The van der Waals surface area contributed by atoms with E-state index in [0.29, 0.717) is 6.61 Å². The van der Waals surface area contributed by atoms with Gasteiger partial charge in [0.05, 0.1) is 12.0 Å². The fraction of sp³-hybridized carbons (Fsp3) is 0.364. The zero-order valence-corrected chi connectivity index (χ0v) is 16.0. The first kappa shape index (κ1) is 19.0. The average molecular weight is 367 g/mol. The van der Waals surface area contributed by atoms with Gasteiger partial charge in [0.25, 0.3) is 0 Å². The van der Waals surface area contributed by atoms with Gasteiger partial charge in [-0.1, -0.05) is 48.5 Å². The van der Waals surface area contributed by atoms with Crippen molar-refractivity contribution in [1.82, 2.24) is 5.32 Å². The number of amides is 1. The molecule has 1 aliphatic carbocycles. The summed E-state index contributed by atoms with van der Waals surface area (Å²) in [5, 5.41) is 2.67. The van der Waals surface area contributed by atoms with E-state index in [1.165, 1.54) is 22.3 Å². The Balaban J connectivity index is 1.62. The SMILES string of the molecule is CCOC(=O)C(C)(C)CNC(=O)OCC1c2ccccc2-c2ccccc21. The van der Waals surface area contributed by atoms with Crippen LogP contribution in [0.25, 0.3) is 11.1 Å². The Labute approximate surface area is 159 Å². The number of hydrogen-bond donors (Lipinski definition) is 1. The van der Waals surface area contributed by atoms with Crippen LogP contribution in [0, 0.1) is 5.41 Å². The summed E-state index contributed by atoms with van der Waals surface area (Å²) in [5.74, 6) is -0.329. The largest absolute Gasteiger partial charge is 0.466 e. The first-order chi connectivity index (χ1) is 12.9. The Morgan fingerprint density at radius 2 is 1.52 bits per heavy atom. The van der Waals surface area contributed by atoms with Gasteiger partial charge in [0, 0.05) is 12.5 Å². The van der Waals surface area contributed by atoms with Crippen LogP contribution in [0.2, 0.25) is 0 Å². The van der Waals surface area contributed by atoms with Gasteiger partial charge in [-0.3, -0.25) is 4.79 Å². The molecule has 5 nitrogen and oxygen atoms in total. The lowest BCUT2D eigenvalue weighted by molar-refractivity contribution is -0.153. The third kappa shape index (κ3) is 3.97. The molecule has 0 bridgehead atoms. The molecule has 0 atom stereocenters. The van der Waals surface area contributed by atoms with Crippen LogP contribution in [0.4, 0.5) is 4.79 Å². The van der Waals surface area contributed by atoms with Crippen LogP contribution in [-0.4, -0.2) is 31.8 Å². The number of alkyl carbamates (subject to hydrolysis) is 1. The summed E-state index contributed by atoms with van der Waals surface area (Å²) >= 11 is 0. The van der Waals surface area contributed by atoms with E-state index in [1.54, 1.807) is 20.8 Å². The second-order valence-corrected chi connectivity index (χ2v) is 7.28. The molecule has 0 aliphatic heterocycles. The van der Waals surface area contributed by atoms with E-state index < -0.39 is 11.5 Å². The molecule has 3 rings (SSSR count). The number of benzene rings is 2. The van der Waals surface area contributed by atoms with Crippen molar-refractivity contribution in [2.45, 2.75) is 26.7 Å². The summed E-state index contributed by atoms with van der Waals surface area (Å²) in [6.45, 7) is 5.94. The Morgan fingerprint density at radius 1 is 0.963 bits per heavy atom. The Kier molecular flexibility index (Phi) is 5.49. The van der Waals surface area contributed by atoms with E-state index in [2.05, 4.69) is 29.6 Å². The van der Waals surface area contributed by atoms with Crippen molar-refractivity contribution in [3.8, 4) is 11.1 Å². The van der Waals surface area contributed by atoms with Crippen LogP contribution < -0.4 is 5.32 Å². The molecule has 0 fully saturated rings. The molecule has 27 heavy (non-hydrogen) atoms. The monoisotopic (exact) mass is 367 g/mol. The maximum absolute atomic E-state index is 12.2. The van der Waals surface area contributed by atoms with Gasteiger partial charge >= 0.3 is 12.1 Å². The van der Waals surface area contributed by atoms with Crippen LogP contribution in [0.15, 0.2) is 48.5 Å². The van der Waals surface area contributed by atoms with Gasteiger partial charge in [-0.05, 0) is 43.0 Å². The average Bonchev–Trinajstić information content (AvgIpc) is 2.99. The molecule has 2 aromatic carbocycles. The predicted molar refractivity (Wildman–Crippen MR) is 103 cm³/mol. The minimum Gasteiger partial charge on any atom is -0.466 e. The molecule has 1 N–H and O–H groups in total. The lowest BCUT2D eigenvalue weighted by Gasteiger charge is -2.22. The second kappa shape index (κ2) is 7.82. The normalized spacial score (nSPS) is 12.9. The molecule has 0 radical (unpaired) electrons. The van der Waals surface area contributed by atoms with E-state index >= 15 is 0 Å². The molecule has 142 valence electrons. The van der Waals surface area contributed by atoms with Crippen LogP contribution in [0.5, 0.6) is 0 Å². The van der Waals surface area contributed by atoms with E-state index in [0.717, 1.165) is 0 Å². The maximum Gasteiger partial charge on any atom is 0.407 e. The number of carbonyl (C=O) groups is 2. The molecule has 0 spiro atoms. The van der Waals surface area contributed by atoms with Crippen molar-refractivity contribution in [3.63, 3.8) is 0 Å². The minimum atomic E-state index is -0.804. The number of fused-ring (bicyclic) bond motifs is 3. The Bertz CT molecular complexity index is 798. The highest BCUT2D eigenvalue weighted by molar-refractivity contribution is 5.79. The summed E-state index contributed by atoms with van der Waals surface area (Å²) in [6, 6.07) is 16.4. The summed E-state index contributed by atoms with van der Waals surface area (Å²) in [7, 11) is 0. The van der Waals surface area contributed by atoms with Crippen LogP contribution in [0.1, 0.15) is 37.8 Å². The molecule has 2 aromatic rings. The smallest absolute Gasteiger partial charge is 0.407 e. The number of carbonyl (C=O) groups excluding carboxylic acids is 2. The number of ether oxygens (including phenoxy) is 2. The molecule has 0 saturated heterocycles. The van der Waals surface area contributed by atoms with Gasteiger partial charge in [-0.25, -0.2) is 4.79 Å². The third-order valence-corrected chi connectivity index (χ3v) is 4.85. The lowest BCUT2D eigenvalue weighted by Crippen LogP contribution is -2.40. The van der Waals surface area contributed by atoms with Crippen molar-refractivity contribution in [1.29, 1.82) is 0 Å². The molecule has 0 unspecified atom stereocenters. The molecule has 0 aromatic heterocycles. The zero-order chi connectivity index (χ0) is 19.4. The van der Waals surface area contributed by atoms with Gasteiger partial charge in [0.1, 0.15) is 6.61 Å². The fourth-order valence-corrected chi connectivity index (χ4v) is 3.34. The van der Waals surface area contributed by atoms with Crippen molar-refractivity contribution in [2.24, 2.45) is 5.41 Å². The number of nitrogens with one attached hydrogen (secondary N) is 1. The number of esters is 1. The lowest BCUT2D eigenvalue weighted by atomic mass is 9.94. The molecule has 5 heteroatoms. The summed E-state index contributed by atoms with van der Waals surface area (Å²) in [5.41, 5.74) is 3.90. The molecule has 0 heterocycles. The quantitative estimate of drug-likeness (QED) is 0.780. The zero-order valence-electron chi connectivity index (χ0n) is 16.0. The third-order valence-electron chi connectivity index (χ3n) is 4.85. The summed E-state index contributed by atoms with van der Waals surface area (Å²) in [6.07, 6.45) is -0.533. The minimum absolute atomic E-state index is 0.0150. The molecular formula is C22H25NO4. The van der Waals surface area contributed by atoms with Crippen LogP contribution in [-0.2, 0) is 14.3 Å². The molecule has 1 amide bonds. The fourth-order valence-electron chi connectivity index (χ4n) is 3.34. The van der Waals surface area contributed by atoms with Crippen LogP contribution in [0.3, 0.4) is 0 Å². The Morgan fingerprint density at radius 3 is 2.07 bits per heavy atom. The summed E-state index contributed by atoms with van der Waals surface area (Å²) < 4.78 is 10.5. The second-order valence-electron chi connectivity index (χ2n) is 7.28. The van der Waals surface area contributed by atoms with Crippen molar-refractivity contribution in [3.05, 3.63) is 59.7 Å². The first-order valence-corrected chi connectivity index (χ1v) is 9.20. The van der Waals surface area contributed by atoms with Gasteiger partial charge in [-0.15, -0.1) is 0 Å². The molecular weight excluding hydrogens is 342 g/mol. The van der Waals surface area contributed by atoms with Crippen molar-refractivity contribution < 1.29 is 19.1 Å². The van der Waals surface area contributed by atoms with Gasteiger partial charge in [-0.2, -0.15) is 0 Å². The highest BCUT2D eigenvalue weighted by Gasteiger charge is 2.31. The van der Waals surface area contributed by atoms with E-state index in [1.807, 2.05) is 24.3 Å². The molecule has 1 aliphatic rings. The van der Waals surface area contributed by atoms with Gasteiger partial charge < -0.3 is 14.8 Å². The first-order valence-electron chi connectivity index (χ1n) is 9.20. The maximum atomic E-state index is 12.2. The topological polar surface area (TPSA) is 64.6 Å². The molecule has 0 saturated carbocycles. The van der Waals surface area contributed by atoms with Gasteiger partial charge in [0.15, 0.2) is 0 Å². The van der Waals surface area contributed by atoms with Gasteiger partial charge in [0.2, 0.25) is 0 Å². The highest BCUT2D eigenvalue weighted by atomic mass is 16.5. The standard InChI is InChI=1S/C22H25NO4/c1-4-26-20(24)22(2,3)14-23-21(25)27-13-19-17-11-7-5-9-15(17)16-10-6-8-12-18(16)19/h5-12,19H,4,13-14H2,1-3H3,(H,23,25).